The molecule has 2 N–H and O–H groups in total. The van der Waals surface area contributed by atoms with Gasteiger partial charge in [0.05, 0.1) is 12.7 Å². The van der Waals surface area contributed by atoms with Gasteiger partial charge in [-0.05, 0) is 25.3 Å². The number of rotatable bonds is 6. The van der Waals surface area contributed by atoms with Crippen molar-refractivity contribution >= 4 is 5.97 Å². The van der Waals surface area contributed by atoms with Gasteiger partial charge in [-0.25, -0.2) is 0 Å². The van der Waals surface area contributed by atoms with Gasteiger partial charge >= 0.3 is 5.97 Å². The molecule has 0 heterocycles. The lowest BCUT2D eigenvalue weighted by atomic mass is 9.88. The van der Waals surface area contributed by atoms with Crippen molar-refractivity contribution < 1.29 is 14.6 Å². The Balaban J connectivity index is 2.32. The van der Waals surface area contributed by atoms with Crippen LogP contribution in [0.3, 0.4) is 0 Å². The first-order valence-electron chi connectivity index (χ1n) is 6.23. The Morgan fingerprint density at radius 3 is 2.75 bits per heavy atom. The van der Waals surface area contributed by atoms with Crippen molar-refractivity contribution in [3.05, 3.63) is 0 Å². The summed E-state index contributed by atoms with van der Waals surface area (Å²) in [4.78, 5) is 10.9. The van der Waals surface area contributed by atoms with Crippen LogP contribution in [0.5, 0.6) is 0 Å². The third-order valence-corrected chi connectivity index (χ3v) is 3.26. The lowest BCUT2D eigenvalue weighted by Crippen LogP contribution is -2.42. The van der Waals surface area contributed by atoms with Gasteiger partial charge in [0.15, 0.2) is 0 Å². The van der Waals surface area contributed by atoms with E-state index in [9.17, 15) is 4.79 Å². The highest BCUT2D eigenvalue weighted by Gasteiger charge is 2.24. The summed E-state index contributed by atoms with van der Waals surface area (Å²) >= 11 is 0. The van der Waals surface area contributed by atoms with Gasteiger partial charge in [0.2, 0.25) is 0 Å². The zero-order chi connectivity index (χ0) is 12.0. The zero-order valence-corrected chi connectivity index (χ0v) is 10.2. The molecule has 0 bridgehead atoms. The quantitative estimate of drug-likeness (QED) is 0.727. The van der Waals surface area contributed by atoms with E-state index in [0.29, 0.717) is 12.5 Å². The minimum atomic E-state index is -0.828. The molecule has 0 aromatic rings. The molecule has 4 nitrogen and oxygen atoms in total. The van der Waals surface area contributed by atoms with Gasteiger partial charge in [0.25, 0.3) is 0 Å². The van der Waals surface area contributed by atoms with Crippen molar-refractivity contribution in [1.82, 2.24) is 5.32 Å². The summed E-state index contributed by atoms with van der Waals surface area (Å²) in [5, 5.41) is 11.9. The number of ether oxygens (including phenoxy) is 1. The summed E-state index contributed by atoms with van der Waals surface area (Å²) in [6.45, 7) is 5.02. The molecule has 0 aliphatic heterocycles. The second kappa shape index (κ2) is 6.86. The van der Waals surface area contributed by atoms with Crippen LogP contribution in [-0.4, -0.2) is 36.4 Å². The summed E-state index contributed by atoms with van der Waals surface area (Å²) in [7, 11) is 0. The predicted octanol–water partition coefficient (Wildman–Crippen LogP) is 1.64. The maximum atomic E-state index is 10.9. The van der Waals surface area contributed by atoms with E-state index in [1.807, 2.05) is 6.92 Å². The number of carboxylic acids is 1. The Hall–Kier alpha value is -0.610. The van der Waals surface area contributed by atoms with Crippen LogP contribution in [0.4, 0.5) is 0 Å². The average molecular weight is 229 g/mol. The van der Waals surface area contributed by atoms with Gasteiger partial charge in [-0.2, -0.15) is 0 Å². The fourth-order valence-corrected chi connectivity index (χ4v) is 2.21. The molecule has 1 aliphatic carbocycles. The van der Waals surface area contributed by atoms with Gasteiger partial charge < -0.3 is 15.2 Å². The molecule has 1 saturated carbocycles. The summed E-state index contributed by atoms with van der Waals surface area (Å²) in [5.74, 6) is -0.268. The first kappa shape index (κ1) is 13.5. The molecule has 0 radical (unpaired) electrons. The molecule has 1 rings (SSSR count). The van der Waals surface area contributed by atoms with Crippen LogP contribution in [0.25, 0.3) is 0 Å². The molecule has 0 saturated heterocycles. The lowest BCUT2D eigenvalue weighted by molar-refractivity contribution is -0.142. The molecule has 4 heteroatoms. The molecule has 16 heavy (non-hydrogen) atoms. The number of carbonyl (C=O) groups is 1. The van der Waals surface area contributed by atoms with E-state index in [-0.39, 0.29) is 12.7 Å². The standard InChI is InChI=1S/C12H23NO3/c1-3-13-10(12(14)15)8-16-11-7-5-4-6-9(11)2/h9-11,13H,3-8H2,1-2H3,(H,14,15). The van der Waals surface area contributed by atoms with Crippen molar-refractivity contribution in [3.63, 3.8) is 0 Å². The maximum Gasteiger partial charge on any atom is 0.323 e. The second-order valence-corrected chi connectivity index (χ2v) is 4.58. The Labute approximate surface area is 97.4 Å². The summed E-state index contributed by atoms with van der Waals surface area (Å²) in [6, 6.07) is -0.570. The van der Waals surface area contributed by atoms with Gasteiger partial charge in [-0.15, -0.1) is 0 Å². The van der Waals surface area contributed by atoms with Gasteiger partial charge in [0, 0.05) is 0 Å². The fourth-order valence-electron chi connectivity index (χ4n) is 2.21. The highest BCUT2D eigenvalue weighted by atomic mass is 16.5. The number of nitrogens with one attached hydrogen (secondary N) is 1. The highest BCUT2D eigenvalue weighted by Crippen LogP contribution is 2.26. The van der Waals surface area contributed by atoms with Crippen LogP contribution < -0.4 is 5.32 Å². The van der Waals surface area contributed by atoms with E-state index < -0.39 is 12.0 Å². The molecule has 3 unspecified atom stereocenters. The first-order chi connectivity index (χ1) is 7.65. The topological polar surface area (TPSA) is 58.6 Å². The summed E-state index contributed by atoms with van der Waals surface area (Å²) in [6.07, 6.45) is 4.99. The Kier molecular flexibility index (Phi) is 5.77. The first-order valence-corrected chi connectivity index (χ1v) is 6.23. The minimum absolute atomic E-state index is 0.245. The van der Waals surface area contributed by atoms with Gasteiger partial charge in [-0.1, -0.05) is 26.7 Å². The van der Waals surface area contributed by atoms with E-state index >= 15 is 0 Å². The van der Waals surface area contributed by atoms with Gasteiger partial charge in [0.1, 0.15) is 6.04 Å². The van der Waals surface area contributed by atoms with E-state index in [2.05, 4.69) is 12.2 Å². The van der Waals surface area contributed by atoms with E-state index in [1.165, 1.54) is 19.3 Å². The van der Waals surface area contributed by atoms with Crippen LogP contribution in [-0.2, 0) is 9.53 Å². The van der Waals surface area contributed by atoms with Crippen molar-refractivity contribution in [2.45, 2.75) is 51.7 Å². The predicted molar refractivity (Wildman–Crippen MR) is 62.5 cm³/mol. The van der Waals surface area contributed by atoms with Crippen LogP contribution in [0.1, 0.15) is 39.5 Å². The van der Waals surface area contributed by atoms with Crippen molar-refractivity contribution in [2.24, 2.45) is 5.92 Å². The smallest absolute Gasteiger partial charge is 0.323 e. The fraction of sp³-hybridized carbons (Fsp3) is 0.917. The van der Waals surface area contributed by atoms with Gasteiger partial charge in [-0.3, -0.25) is 4.79 Å². The monoisotopic (exact) mass is 229 g/mol. The van der Waals surface area contributed by atoms with Crippen LogP contribution in [0.2, 0.25) is 0 Å². The maximum absolute atomic E-state index is 10.9. The Morgan fingerprint density at radius 1 is 1.50 bits per heavy atom. The number of aliphatic carboxylic acids is 1. The molecule has 1 aliphatic rings. The van der Waals surface area contributed by atoms with Crippen molar-refractivity contribution in [1.29, 1.82) is 0 Å². The summed E-state index contributed by atoms with van der Waals surface area (Å²) in [5.41, 5.74) is 0. The molecule has 0 amide bonds. The molecule has 0 aromatic heterocycles. The minimum Gasteiger partial charge on any atom is -0.480 e. The Bertz CT molecular complexity index is 220. The second-order valence-electron chi connectivity index (χ2n) is 4.58. The molecule has 1 fully saturated rings. The number of carboxylic acid groups (broad SMARTS) is 1. The van der Waals surface area contributed by atoms with Crippen molar-refractivity contribution in [2.75, 3.05) is 13.2 Å². The normalized spacial score (nSPS) is 27.6. The molecule has 0 spiro atoms. The third kappa shape index (κ3) is 4.10. The third-order valence-electron chi connectivity index (χ3n) is 3.26. The lowest BCUT2D eigenvalue weighted by Gasteiger charge is -2.29. The summed E-state index contributed by atoms with van der Waals surface area (Å²) < 4.78 is 5.73. The van der Waals surface area contributed by atoms with Crippen LogP contribution in [0, 0.1) is 5.92 Å². The SMILES string of the molecule is CCNC(COC1CCCCC1C)C(=O)O. The largest absolute Gasteiger partial charge is 0.480 e. The van der Waals surface area contributed by atoms with Crippen LogP contribution >= 0.6 is 0 Å². The number of likely N-dealkylation sites (N-methyl/N-ethyl adjacent to an activating group) is 1. The van der Waals surface area contributed by atoms with Crippen LogP contribution in [0.15, 0.2) is 0 Å². The highest BCUT2D eigenvalue weighted by molar-refractivity contribution is 5.73. The van der Waals surface area contributed by atoms with E-state index in [4.69, 9.17) is 9.84 Å². The molecular formula is C12H23NO3. The molecule has 94 valence electrons. The number of hydrogen-bond donors (Lipinski definition) is 2. The van der Waals surface area contributed by atoms with Crippen molar-refractivity contribution in [3.8, 4) is 0 Å². The molecule has 3 atom stereocenters. The van der Waals surface area contributed by atoms with E-state index in [0.717, 1.165) is 6.42 Å². The molecule has 0 aromatic carbocycles. The average Bonchev–Trinajstić information content (AvgIpc) is 2.26. The zero-order valence-electron chi connectivity index (χ0n) is 10.2. The number of hydrogen-bond acceptors (Lipinski definition) is 3. The Morgan fingerprint density at radius 2 is 2.19 bits per heavy atom. The molecular weight excluding hydrogens is 206 g/mol. The van der Waals surface area contributed by atoms with E-state index in [1.54, 1.807) is 0 Å².